The lowest BCUT2D eigenvalue weighted by atomic mass is 9.80. The minimum atomic E-state index is -0.570. The Balaban J connectivity index is 2.25. The largest absolute Gasteiger partial charge is 0.361 e. The second kappa shape index (κ2) is 7.26. The summed E-state index contributed by atoms with van der Waals surface area (Å²) in [4.78, 5) is 0. The third kappa shape index (κ3) is 3.06. The van der Waals surface area contributed by atoms with E-state index in [0.717, 1.165) is 23.1 Å². The van der Waals surface area contributed by atoms with Gasteiger partial charge in [0.15, 0.2) is 0 Å². The Labute approximate surface area is 138 Å². The minimum Gasteiger partial charge on any atom is -0.361 e. The molecule has 0 aliphatic heterocycles. The van der Waals surface area contributed by atoms with Crippen molar-refractivity contribution in [3.63, 3.8) is 0 Å². The second-order valence-electron chi connectivity index (χ2n) is 5.63. The highest BCUT2D eigenvalue weighted by Crippen LogP contribution is 2.40. The molecule has 0 unspecified atom stereocenters. The van der Waals surface area contributed by atoms with Crippen LogP contribution < -0.4 is 0 Å². The van der Waals surface area contributed by atoms with Crippen LogP contribution in [-0.4, -0.2) is 6.61 Å². The molecule has 0 aliphatic rings. The molecule has 1 nitrogen and oxygen atoms in total. The molecule has 1 heteroatoms. The molecule has 0 fully saturated rings. The van der Waals surface area contributed by atoms with E-state index in [2.05, 4.69) is 79.7 Å². The Bertz CT molecular complexity index is 608. The molecular formula is C22H22O. The van der Waals surface area contributed by atoms with E-state index in [1.807, 2.05) is 18.2 Å². The zero-order valence-corrected chi connectivity index (χ0v) is 13.5. The van der Waals surface area contributed by atoms with Crippen LogP contribution in [0.2, 0.25) is 0 Å². The summed E-state index contributed by atoms with van der Waals surface area (Å²) >= 11 is 0. The van der Waals surface area contributed by atoms with E-state index in [-0.39, 0.29) is 0 Å². The molecule has 0 atom stereocenters. The van der Waals surface area contributed by atoms with Crippen molar-refractivity contribution in [3.8, 4) is 0 Å². The molecular weight excluding hydrogens is 280 g/mol. The summed E-state index contributed by atoms with van der Waals surface area (Å²) in [5.74, 6) is 0. The van der Waals surface area contributed by atoms with Gasteiger partial charge in [0.05, 0.1) is 0 Å². The number of rotatable bonds is 6. The van der Waals surface area contributed by atoms with Gasteiger partial charge in [-0.15, -0.1) is 0 Å². The van der Waals surface area contributed by atoms with Gasteiger partial charge in [0.1, 0.15) is 5.60 Å². The predicted octanol–water partition coefficient (Wildman–Crippen LogP) is 5.41. The summed E-state index contributed by atoms with van der Waals surface area (Å²) in [6.45, 7) is 2.85. The highest BCUT2D eigenvalue weighted by atomic mass is 16.5. The summed E-state index contributed by atoms with van der Waals surface area (Å²) in [5.41, 5.74) is 2.90. The molecule has 116 valence electrons. The van der Waals surface area contributed by atoms with E-state index in [9.17, 15) is 0 Å². The Morgan fingerprint density at radius 3 is 1.26 bits per heavy atom. The van der Waals surface area contributed by atoms with Gasteiger partial charge in [0, 0.05) is 6.61 Å². The van der Waals surface area contributed by atoms with Crippen molar-refractivity contribution >= 4 is 0 Å². The zero-order chi connectivity index (χ0) is 16.0. The highest BCUT2D eigenvalue weighted by Gasteiger charge is 2.37. The van der Waals surface area contributed by atoms with Crippen molar-refractivity contribution in [2.75, 3.05) is 6.61 Å². The fraction of sp³-hybridized carbons (Fsp3) is 0.182. The average Bonchev–Trinajstić information content (AvgIpc) is 2.65. The highest BCUT2D eigenvalue weighted by molar-refractivity contribution is 5.47. The molecule has 0 saturated carbocycles. The van der Waals surface area contributed by atoms with Crippen LogP contribution in [0.4, 0.5) is 0 Å². The quantitative estimate of drug-likeness (QED) is 0.554. The maximum atomic E-state index is 6.54. The summed E-state index contributed by atoms with van der Waals surface area (Å²) in [6.07, 6.45) is 0.980. The molecule has 0 amide bonds. The zero-order valence-electron chi connectivity index (χ0n) is 13.5. The first-order valence-corrected chi connectivity index (χ1v) is 8.18. The monoisotopic (exact) mass is 302 g/mol. The minimum absolute atomic E-state index is 0.570. The SMILES string of the molecule is CCCOC(c1ccccc1)(c1ccccc1)c1ccccc1. The van der Waals surface area contributed by atoms with Gasteiger partial charge in [0.25, 0.3) is 0 Å². The van der Waals surface area contributed by atoms with Crippen LogP contribution >= 0.6 is 0 Å². The van der Waals surface area contributed by atoms with Gasteiger partial charge >= 0.3 is 0 Å². The van der Waals surface area contributed by atoms with E-state index in [0.29, 0.717) is 6.61 Å². The first-order valence-electron chi connectivity index (χ1n) is 8.18. The smallest absolute Gasteiger partial charge is 0.143 e. The van der Waals surface area contributed by atoms with Crippen molar-refractivity contribution in [2.45, 2.75) is 18.9 Å². The molecule has 0 heterocycles. The molecule has 3 aromatic rings. The van der Waals surface area contributed by atoms with E-state index in [1.54, 1.807) is 0 Å². The van der Waals surface area contributed by atoms with Crippen molar-refractivity contribution < 1.29 is 4.74 Å². The predicted molar refractivity (Wildman–Crippen MR) is 95.5 cm³/mol. The average molecular weight is 302 g/mol. The number of hydrogen-bond donors (Lipinski definition) is 0. The number of benzene rings is 3. The molecule has 3 aromatic carbocycles. The Kier molecular flexibility index (Phi) is 4.89. The summed E-state index contributed by atoms with van der Waals surface area (Å²) in [6, 6.07) is 31.5. The van der Waals surface area contributed by atoms with Gasteiger partial charge in [-0.2, -0.15) is 0 Å². The van der Waals surface area contributed by atoms with Crippen LogP contribution in [0.5, 0.6) is 0 Å². The van der Waals surface area contributed by atoms with Crippen LogP contribution in [0.3, 0.4) is 0 Å². The second-order valence-corrected chi connectivity index (χ2v) is 5.63. The standard InChI is InChI=1S/C22H22O/c1-2-18-23-22(19-12-6-3-7-13-19,20-14-8-4-9-15-20)21-16-10-5-11-17-21/h3-17H,2,18H2,1H3. The Hall–Kier alpha value is -2.38. The first kappa shape index (κ1) is 15.5. The van der Waals surface area contributed by atoms with Crippen LogP contribution in [0.1, 0.15) is 30.0 Å². The van der Waals surface area contributed by atoms with Crippen LogP contribution in [-0.2, 0) is 10.3 Å². The fourth-order valence-electron chi connectivity index (χ4n) is 3.02. The molecule has 0 aromatic heterocycles. The lowest BCUT2D eigenvalue weighted by Gasteiger charge is -2.36. The first-order chi connectivity index (χ1) is 11.4. The molecule has 23 heavy (non-hydrogen) atoms. The van der Waals surface area contributed by atoms with Crippen LogP contribution in [0, 0.1) is 0 Å². The molecule has 0 saturated heterocycles. The third-order valence-corrected chi connectivity index (χ3v) is 4.06. The fourth-order valence-corrected chi connectivity index (χ4v) is 3.02. The maximum Gasteiger partial charge on any atom is 0.143 e. The molecule has 0 N–H and O–H groups in total. The van der Waals surface area contributed by atoms with Crippen LogP contribution in [0.25, 0.3) is 0 Å². The van der Waals surface area contributed by atoms with E-state index in [4.69, 9.17) is 4.74 Å². The summed E-state index contributed by atoms with van der Waals surface area (Å²) < 4.78 is 6.54. The molecule has 0 spiro atoms. The lowest BCUT2D eigenvalue weighted by Crippen LogP contribution is -2.33. The van der Waals surface area contributed by atoms with Crippen LogP contribution in [0.15, 0.2) is 91.0 Å². The Morgan fingerprint density at radius 1 is 0.609 bits per heavy atom. The summed E-state index contributed by atoms with van der Waals surface area (Å²) in [5, 5.41) is 0. The molecule has 0 bridgehead atoms. The molecule has 3 rings (SSSR count). The normalized spacial score (nSPS) is 11.3. The van der Waals surface area contributed by atoms with Crippen molar-refractivity contribution in [3.05, 3.63) is 108 Å². The van der Waals surface area contributed by atoms with Gasteiger partial charge in [-0.25, -0.2) is 0 Å². The number of hydrogen-bond acceptors (Lipinski definition) is 1. The molecule has 0 aliphatic carbocycles. The van der Waals surface area contributed by atoms with Gasteiger partial charge in [-0.3, -0.25) is 0 Å². The topological polar surface area (TPSA) is 9.23 Å². The van der Waals surface area contributed by atoms with Crippen molar-refractivity contribution in [1.82, 2.24) is 0 Å². The number of ether oxygens (including phenoxy) is 1. The van der Waals surface area contributed by atoms with Gasteiger partial charge in [0.2, 0.25) is 0 Å². The van der Waals surface area contributed by atoms with E-state index < -0.39 is 5.60 Å². The van der Waals surface area contributed by atoms with Gasteiger partial charge in [-0.05, 0) is 23.1 Å². The maximum absolute atomic E-state index is 6.54. The van der Waals surface area contributed by atoms with Gasteiger partial charge in [-0.1, -0.05) is 97.9 Å². The van der Waals surface area contributed by atoms with Crippen molar-refractivity contribution in [2.24, 2.45) is 0 Å². The van der Waals surface area contributed by atoms with Gasteiger partial charge < -0.3 is 4.74 Å². The lowest BCUT2D eigenvalue weighted by molar-refractivity contribution is 0.0133. The molecule has 0 radical (unpaired) electrons. The third-order valence-electron chi connectivity index (χ3n) is 4.06. The summed E-state index contributed by atoms with van der Waals surface area (Å²) in [7, 11) is 0. The van der Waals surface area contributed by atoms with Crippen molar-refractivity contribution in [1.29, 1.82) is 0 Å². The van der Waals surface area contributed by atoms with E-state index >= 15 is 0 Å². The van der Waals surface area contributed by atoms with E-state index in [1.165, 1.54) is 0 Å². The Morgan fingerprint density at radius 2 is 0.957 bits per heavy atom.